The van der Waals surface area contributed by atoms with Gasteiger partial charge in [-0.3, -0.25) is 0 Å². The topological polar surface area (TPSA) is 96.3 Å². The number of likely N-dealkylation sites (tertiary alicyclic amines) is 1. The molecule has 0 saturated carbocycles. The predicted octanol–water partition coefficient (Wildman–Crippen LogP) is 6.03. The number of piperidine rings is 1. The van der Waals surface area contributed by atoms with Gasteiger partial charge in [0.1, 0.15) is 0 Å². The summed E-state index contributed by atoms with van der Waals surface area (Å²) >= 11 is 0. The molecule has 0 aliphatic carbocycles. The average molecular weight is 546 g/mol. The smallest absolute Gasteiger partial charge is 0.328 e. The van der Waals surface area contributed by atoms with Gasteiger partial charge in [-0.1, -0.05) is 73.2 Å². The first-order valence-corrected chi connectivity index (χ1v) is 13.6. The molecular weight excluding hydrogens is 506 g/mol. The zero-order chi connectivity index (χ0) is 28.7. The molecule has 3 aromatic rings. The number of aliphatic carboxylic acids is 2. The van der Waals surface area contributed by atoms with Gasteiger partial charge in [-0.05, 0) is 61.1 Å². The lowest BCUT2D eigenvalue weighted by Crippen LogP contribution is -2.41. The molecule has 1 aliphatic rings. The van der Waals surface area contributed by atoms with Crippen molar-refractivity contribution < 1.29 is 29.3 Å². The van der Waals surface area contributed by atoms with Gasteiger partial charge in [0.15, 0.2) is 11.5 Å². The molecule has 1 aliphatic heterocycles. The van der Waals surface area contributed by atoms with E-state index in [9.17, 15) is 9.59 Å². The molecule has 212 valence electrons. The van der Waals surface area contributed by atoms with Crippen molar-refractivity contribution in [3.05, 3.63) is 108 Å². The van der Waals surface area contributed by atoms with Crippen LogP contribution in [-0.4, -0.2) is 60.4 Å². The van der Waals surface area contributed by atoms with Gasteiger partial charge in [0.25, 0.3) is 0 Å². The third-order valence-electron chi connectivity index (χ3n) is 7.16. The van der Waals surface area contributed by atoms with Gasteiger partial charge >= 0.3 is 11.9 Å². The summed E-state index contributed by atoms with van der Waals surface area (Å²) in [5, 5.41) is 15.6. The van der Waals surface area contributed by atoms with E-state index in [0.717, 1.165) is 24.5 Å². The van der Waals surface area contributed by atoms with E-state index in [2.05, 4.69) is 77.7 Å². The standard InChI is InChI=1S/C29H35NO2.C4H4O4/c1-31-28-17-16-23(21-29(28)32-2)18-20-30-19-10-9-15-26(30)22-27(24-11-5-3-6-12-24)25-13-7-4-8-14-25;5-3(6)1-2-4(7)8/h3-8,11-14,16-17,21,26-27H,9-10,15,18-20,22H2,1-2H3;1-2H,(H,5,6)(H,7,8)/b;2-1-. The summed E-state index contributed by atoms with van der Waals surface area (Å²) in [5.74, 6) is -0.474. The third kappa shape index (κ3) is 9.58. The molecular formula is C33H39NO6. The van der Waals surface area contributed by atoms with Crippen molar-refractivity contribution in [3.63, 3.8) is 0 Å². The fraction of sp³-hybridized carbons (Fsp3) is 0.333. The monoisotopic (exact) mass is 545 g/mol. The minimum Gasteiger partial charge on any atom is -0.493 e. The molecule has 1 fully saturated rings. The molecule has 1 heterocycles. The molecule has 0 radical (unpaired) electrons. The second-order valence-electron chi connectivity index (χ2n) is 9.74. The van der Waals surface area contributed by atoms with Crippen LogP contribution >= 0.6 is 0 Å². The number of carboxylic acid groups (broad SMARTS) is 2. The summed E-state index contributed by atoms with van der Waals surface area (Å²) in [4.78, 5) is 21.8. The van der Waals surface area contributed by atoms with E-state index < -0.39 is 11.9 Å². The number of carbonyl (C=O) groups is 2. The van der Waals surface area contributed by atoms with Gasteiger partial charge < -0.3 is 24.6 Å². The summed E-state index contributed by atoms with van der Waals surface area (Å²) in [6, 6.07) is 28.9. The number of methoxy groups -OCH3 is 2. The Morgan fingerprint density at radius 1 is 0.850 bits per heavy atom. The fourth-order valence-electron chi connectivity index (χ4n) is 5.18. The van der Waals surface area contributed by atoms with Crippen molar-refractivity contribution in [1.29, 1.82) is 0 Å². The molecule has 0 amide bonds. The third-order valence-corrected chi connectivity index (χ3v) is 7.16. The van der Waals surface area contributed by atoms with Crippen molar-refractivity contribution in [2.75, 3.05) is 27.3 Å². The average Bonchev–Trinajstić information content (AvgIpc) is 2.99. The first kappa shape index (κ1) is 30.4. The Kier molecular flexibility index (Phi) is 12.3. The quantitative estimate of drug-likeness (QED) is 0.284. The molecule has 1 atom stereocenters. The molecule has 1 unspecified atom stereocenters. The Balaban J connectivity index is 0.000000482. The van der Waals surface area contributed by atoms with Crippen LogP contribution < -0.4 is 9.47 Å². The minimum atomic E-state index is -1.26. The van der Waals surface area contributed by atoms with Gasteiger partial charge in [0, 0.05) is 30.7 Å². The van der Waals surface area contributed by atoms with Gasteiger partial charge in [0.05, 0.1) is 14.2 Å². The van der Waals surface area contributed by atoms with Crippen molar-refractivity contribution in [2.24, 2.45) is 0 Å². The molecule has 0 bridgehead atoms. The maximum atomic E-state index is 9.55. The second-order valence-corrected chi connectivity index (χ2v) is 9.74. The van der Waals surface area contributed by atoms with Crippen LogP contribution in [0.4, 0.5) is 0 Å². The summed E-state index contributed by atoms with van der Waals surface area (Å²) in [5.41, 5.74) is 4.14. The number of carboxylic acids is 2. The SMILES string of the molecule is COc1ccc(CCN2CCCCC2CC(c2ccccc2)c2ccccc2)cc1OC.O=C(O)/C=C\C(=O)O. The molecule has 1 saturated heterocycles. The lowest BCUT2D eigenvalue weighted by molar-refractivity contribution is -0.134. The number of rotatable bonds is 11. The number of nitrogens with zero attached hydrogens (tertiary/aromatic N) is 1. The number of ether oxygens (including phenoxy) is 2. The van der Waals surface area contributed by atoms with E-state index in [0.29, 0.717) is 24.1 Å². The number of benzene rings is 3. The Labute approximate surface area is 236 Å². The summed E-state index contributed by atoms with van der Waals surface area (Å²) < 4.78 is 10.9. The van der Waals surface area contributed by atoms with Crippen molar-refractivity contribution in [1.82, 2.24) is 4.90 Å². The Morgan fingerprint density at radius 2 is 1.43 bits per heavy atom. The maximum absolute atomic E-state index is 9.55. The van der Waals surface area contributed by atoms with Crippen LogP contribution in [0.2, 0.25) is 0 Å². The fourth-order valence-corrected chi connectivity index (χ4v) is 5.18. The molecule has 40 heavy (non-hydrogen) atoms. The minimum absolute atomic E-state index is 0.434. The van der Waals surface area contributed by atoms with Crippen LogP contribution in [0.1, 0.15) is 48.3 Å². The van der Waals surface area contributed by atoms with Gasteiger partial charge in [-0.25, -0.2) is 9.59 Å². The van der Waals surface area contributed by atoms with Crippen LogP contribution in [0.5, 0.6) is 11.5 Å². The highest BCUT2D eigenvalue weighted by Gasteiger charge is 2.27. The molecule has 7 heteroatoms. The predicted molar refractivity (Wildman–Crippen MR) is 156 cm³/mol. The zero-order valence-electron chi connectivity index (χ0n) is 23.2. The second kappa shape index (κ2) is 16.1. The molecule has 7 nitrogen and oxygen atoms in total. The van der Waals surface area contributed by atoms with Gasteiger partial charge in [-0.15, -0.1) is 0 Å². The van der Waals surface area contributed by atoms with E-state index in [-0.39, 0.29) is 0 Å². The largest absolute Gasteiger partial charge is 0.493 e. The Hall–Kier alpha value is -4.10. The Bertz CT molecular complexity index is 1170. The van der Waals surface area contributed by atoms with Crippen LogP contribution in [0.15, 0.2) is 91.0 Å². The Morgan fingerprint density at radius 3 is 1.95 bits per heavy atom. The molecule has 4 rings (SSSR count). The highest BCUT2D eigenvalue weighted by molar-refractivity contribution is 5.89. The molecule has 2 N–H and O–H groups in total. The zero-order valence-corrected chi connectivity index (χ0v) is 23.2. The lowest BCUT2D eigenvalue weighted by Gasteiger charge is -2.38. The number of hydrogen-bond donors (Lipinski definition) is 2. The molecule has 0 spiro atoms. The van der Waals surface area contributed by atoms with E-state index in [1.807, 2.05) is 6.07 Å². The lowest BCUT2D eigenvalue weighted by atomic mass is 9.83. The highest BCUT2D eigenvalue weighted by Crippen LogP contribution is 2.34. The van der Waals surface area contributed by atoms with E-state index in [1.54, 1.807) is 14.2 Å². The molecule has 0 aromatic heterocycles. The summed E-state index contributed by atoms with van der Waals surface area (Å²) in [7, 11) is 3.39. The van der Waals surface area contributed by atoms with Crippen LogP contribution in [0, 0.1) is 0 Å². The van der Waals surface area contributed by atoms with Gasteiger partial charge in [-0.2, -0.15) is 0 Å². The first-order valence-electron chi connectivity index (χ1n) is 13.6. The van der Waals surface area contributed by atoms with Crippen molar-refractivity contribution in [3.8, 4) is 11.5 Å². The normalized spacial score (nSPS) is 15.3. The van der Waals surface area contributed by atoms with Crippen LogP contribution in [0.3, 0.4) is 0 Å². The summed E-state index contributed by atoms with van der Waals surface area (Å²) in [6.07, 6.45) is 7.21. The van der Waals surface area contributed by atoms with Gasteiger partial charge in [0.2, 0.25) is 0 Å². The van der Waals surface area contributed by atoms with Crippen molar-refractivity contribution >= 4 is 11.9 Å². The summed E-state index contributed by atoms with van der Waals surface area (Å²) in [6.45, 7) is 2.27. The maximum Gasteiger partial charge on any atom is 0.328 e. The molecule has 3 aromatic carbocycles. The van der Waals surface area contributed by atoms with Crippen molar-refractivity contribution in [2.45, 2.75) is 44.1 Å². The first-order chi connectivity index (χ1) is 19.4. The van der Waals surface area contributed by atoms with Crippen LogP contribution in [0.25, 0.3) is 0 Å². The van der Waals surface area contributed by atoms with Crippen LogP contribution in [-0.2, 0) is 16.0 Å². The van der Waals surface area contributed by atoms with E-state index in [1.165, 1.54) is 48.9 Å². The number of hydrogen-bond acceptors (Lipinski definition) is 5. The van der Waals surface area contributed by atoms with E-state index in [4.69, 9.17) is 19.7 Å². The highest BCUT2D eigenvalue weighted by atomic mass is 16.5. The van der Waals surface area contributed by atoms with E-state index >= 15 is 0 Å².